The van der Waals surface area contributed by atoms with Crippen LogP contribution in [0.5, 0.6) is 0 Å². The molecule has 6 nitrogen and oxygen atoms in total. The molecule has 0 amide bonds. The SMILES string of the molecule is CCCCCCCC/C=C/c1ccc([N+](=O)[O-])c(CC(N)C(=O)OCC)c1. The van der Waals surface area contributed by atoms with Crippen LogP contribution in [0.2, 0.25) is 0 Å². The third-order valence-corrected chi connectivity index (χ3v) is 4.36. The second kappa shape index (κ2) is 13.0. The Bertz CT molecular complexity index is 629. The van der Waals surface area contributed by atoms with Gasteiger partial charge in [-0.05, 0) is 37.5 Å². The Morgan fingerprint density at radius 2 is 1.93 bits per heavy atom. The number of ether oxygens (including phenoxy) is 1. The topological polar surface area (TPSA) is 95.5 Å². The Balaban J connectivity index is 2.67. The first kappa shape index (κ1) is 22.8. The molecule has 0 fully saturated rings. The zero-order chi connectivity index (χ0) is 20.1. The summed E-state index contributed by atoms with van der Waals surface area (Å²) in [6.45, 7) is 4.14. The van der Waals surface area contributed by atoms with E-state index in [1.807, 2.05) is 6.08 Å². The number of nitrogens with zero attached hydrogens (tertiary/aromatic N) is 1. The molecule has 0 aliphatic heterocycles. The minimum Gasteiger partial charge on any atom is -0.465 e. The molecule has 0 saturated heterocycles. The number of nitro benzene ring substituents is 1. The summed E-state index contributed by atoms with van der Waals surface area (Å²) in [5.41, 5.74) is 7.12. The van der Waals surface area contributed by atoms with Crippen molar-refractivity contribution in [2.75, 3.05) is 6.61 Å². The number of benzene rings is 1. The number of allylic oxidation sites excluding steroid dienone is 1. The van der Waals surface area contributed by atoms with Gasteiger partial charge in [0.25, 0.3) is 5.69 Å². The molecule has 1 atom stereocenters. The average molecular weight is 376 g/mol. The number of carbonyl (C=O) groups excluding carboxylic acids is 1. The summed E-state index contributed by atoms with van der Waals surface area (Å²) in [6.07, 6.45) is 12.6. The summed E-state index contributed by atoms with van der Waals surface area (Å²) in [6, 6.07) is 4.01. The van der Waals surface area contributed by atoms with Crippen LogP contribution < -0.4 is 5.73 Å². The largest absolute Gasteiger partial charge is 0.465 e. The lowest BCUT2D eigenvalue weighted by atomic mass is 10.0. The van der Waals surface area contributed by atoms with Gasteiger partial charge in [0, 0.05) is 18.1 Å². The molecule has 0 bridgehead atoms. The highest BCUT2D eigenvalue weighted by Gasteiger charge is 2.21. The van der Waals surface area contributed by atoms with Crippen molar-refractivity contribution in [3.8, 4) is 0 Å². The minimum absolute atomic E-state index is 0.0252. The van der Waals surface area contributed by atoms with Gasteiger partial charge in [-0.25, -0.2) is 0 Å². The number of nitrogens with two attached hydrogens (primary N) is 1. The predicted molar refractivity (Wildman–Crippen MR) is 108 cm³/mol. The molecule has 1 rings (SSSR count). The van der Waals surface area contributed by atoms with Crippen LogP contribution in [0.4, 0.5) is 5.69 Å². The van der Waals surface area contributed by atoms with E-state index in [-0.39, 0.29) is 18.7 Å². The van der Waals surface area contributed by atoms with E-state index in [0.29, 0.717) is 5.56 Å². The van der Waals surface area contributed by atoms with Crippen LogP contribution in [0.25, 0.3) is 6.08 Å². The summed E-state index contributed by atoms with van der Waals surface area (Å²) in [5, 5.41) is 11.2. The molecule has 1 aromatic carbocycles. The van der Waals surface area contributed by atoms with Gasteiger partial charge >= 0.3 is 5.97 Å². The van der Waals surface area contributed by atoms with Crippen LogP contribution in [0.15, 0.2) is 24.3 Å². The van der Waals surface area contributed by atoms with Crippen molar-refractivity contribution in [2.45, 2.75) is 71.3 Å². The quantitative estimate of drug-likeness (QED) is 0.231. The first-order chi connectivity index (χ1) is 13.0. The predicted octanol–water partition coefficient (Wildman–Crippen LogP) is 4.79. The van der Waals surface area contributed by atoms with Gasteiger partial charge in [0.05, 0.1) is 11.5 Å². The molecule has 1 unspecified atom stereocenters. The Morgan fingerprint density at radius 1 is 1.22 bits per heavy atom. The maximum Gasteiger partial charge on any atom is 0.323 e. The van der Waals surface area contributed by atoms with E-state index in [4.69, 9.17) is 10.5 Å². The summed E-state index contributed by atoms with van der Waals surface area (Å²) in [4.78, 5) is 22.5. The lowest BCUT2D eigenvalue weighted by Crippen LogP contribution is -2.34. The Kier molecular flexibility index (Phi) is 11.0. The Labute approximate surface area is 161 Å². The summed E-state index contributed by atoms with van der Waals surface area (Å²) in [7, 11) is 0. The highest BCUT2D eigenvalue weighted by molar-refractivity contribution is 5.76. The van der Waals surface area contributed by atoms with Gasteiger partial charge in [0.2, 0.25) is 0 Å². The average Bonchev–Trinajstić information content (AvgIpc) is 2.64. The number of unbranched alkanes of at least 4 members (excludes halogenated alkanes) is 6. The highest BCUT2D eigenvalue weighted by Crippen LogP contribution is 2.22. The van der Waals surface area contributed by atoms with Crippen LogP contribution in [-0.4, -0.2) is 23.5 Å². The van der Waals surface area contributed by atoms with E-state index < -0.39 is 16.9 Å². The summed E-state index contributed by atoms with van der Waals surface area (Å²) in [5.74, 6) is -0.546. The van der Waals surface area contributed by atoms with Crippen molar-refractivity contribution in [1.82, 2.24) is 0 Å². The second-order valence-corrected chi connectivity index (χ2v) is 6.67. The maximum atomic E-state index is 11.7. The highest BCUT2D eigenvalue weighted by atomic mass is 16.6. The molecular formula is C21H32N2O4. The van der Waals surface area contributed by atoms with E-state index in [1.54, 1.807) is 19.1 Å². The molecule has 0 radical (unpaired) electrons. The molecule has 2 N–H and O–H groups in total. The van der Waals surface area contributed by atoms with Crippen molar-refractivity contribution in [2.24, 2.45) is 5.73 Å². The van der Waals surface area contributed by atoms with E-state index in [1.165, 1.54) is 38.2 Å². The van der Waals surface area contributed by atoms with E-state index in [0.717, 1.165) is 18.4 Å². The molecule has 0 saturated carbocycles. The third-order valence-electron chi connectivity index (χ3n) is 4.36. The van der Waals surface area contributed by atoms with Gasteiger partial charge in [-0.1, -0.05) is 51.2 Å². The monoisotopic (exact) mass is 376 g/mol. The zero-order valence-corrected chi connectivity index (χ0v) is 16.5. The number of esters is 1. The third kappa shape index (κ3) is 8.82. The van der Waals surface area contributed by atoms with Crippen LogP contribution in [-0.2, 0) is 16.0 Å². The summed E-state index contributed by atoms with van der Waals surface area (Å²) < 4.78 is 4.89. The van der Waals surface area contributed by atoms with Crippen LogP contribution >= 0.6 is 0 Å². The fourth-order valence-corrected chi connectivity index (χ4v) is 2.88. The van der Waals surface area contributed by atoms with Gasteiger partial charge in [0.15, 0.2) is 0 Å². The van der Waals surface area contributed by atoms with Crippen LogP contribution in [0.3, 0.4) is 0 Å². The van der Waals surface area contributed by atoms with Crippen LogP contribution in [0.1, 0.15) is 69.9 Å². The first-order valence-corrected chi connectivity index (χ1v) is 9.85. The van der Waals surface area contributed by atoms with Crippen molar-refractivity contribution >= 4 is 17.7 Å². The number of hydrogen-bond donors (Lipinski definition) is 1. The molecular weight excluding hydrogens is 344 g/mol. The number of hydrogen-bond acceptors (Lipinski definition) is 5. The van der Waals surface area contributed by atoms with Gasteiger partial charge in [-0.15, -0.1) is 0 Å². The van der Waals surface area contributed by atoms with Gasteiger partial charge in [-0.2, -0.15) is 0 Å². The van der Waals surface area contributed by atoms with E-state index >= 15 is 0 Å². The first-order valence-electron chi connectivity index (χ1n) is 9.85. The van der Waals surface area contributed by atoms with Gasteiger partial charge in [-0.3, -0.25) is 14.9 Å². The minimum atomic E-state index is -0.911. The standard InChI is InChI=1S/C21H32N2O4/c1-3-5-6-7-8-9-10-11-12-17-13-14-20(23(25)26)18(15-17)16-19(22)21(24)27-4-2/h11-15,19H,3-10,16,22H2,1-2H3/b12-11+. The molecule has 1 aromatic rings. The molecule has 0 aromatic heterocycles. The molecule has 0 heterocycles. The lowest BCUT2D eigenvalue weighted by molar-refractivity contribution is -0.385. The normalized spacial score (nSPS) is 12.3. The maximum absolute atomic E-state index is 11.7. The van der Waals surface area contributed by atoms with Gasteiger partial charge in [0.1, 0.15) is 6.04 Å². The molecule has 0 aliphatic carbocycles. The van der Waals surface area contributed by atoms with Crippen LogP contribution in [0, 0.1) is 10.1 Å². The molecule has 0 aliphatic rings. The molecule has 27 heavy (non-hydrogen) atoms. The van der Waals surface area contributed by atoms with E-state index in [2.05, 4.69) is 13.0 Å². The second-order valence-electron chi connectivity index (χ2n) is 6.67. The number of carbonyl (C=O) groups is 1. The smallest absolute Gasteiger partial charge is 0.323 e. The van der Waals surface area contributed by atoms with E-state index in [9.17, 15) is 14.9 Å². The number of nitro groups is 1. The Hall–Kier alpha value is -2.21. The van der Waals surface area contributed by atoms with Gasteiger partial charge < -0.3 is 10.5 Å². The van der Waals surface area contributed by atoms with Crippen molar-refractivity contribution in [1.29, 1.82) is 0 Å². The Morgan fingerprint density at radius 3 is 2.59 bits per heavy atom. The fraction of sp³-hybridized carbons (Fsp3) is 0.571. The fourth-order valence-electron chi connectivity index (χ4n) is 2.88. The van der Waals surface area contributed by atoms with Crippen molar-refractivity contribution in [3.63, 3.8) is 0 Å². The lowest BCUT2D eigenvalue weighted by Gasteiger charge is -2.11. The molecule has 0 spiro atoms. The number of rotatable bonds is 13. The zero-order valence-electron chi connectivity index (χ0n) is 16.5. The van der Waals surface area contributed by atoms with Crippen molar-refractivity contribution in [3.05, 3.63) is 45.5 Å². The van der Waals surface area contributed by atoms with Crippen molar-refractivity contribution < 1.29 is 14.5 Å². The molecule has 150 valence electrons. The molecule has 6 heteroatoms. The summed E-state index contributed by atoms with van der Waals surface area (Å²) >= 11 is 0.